The summed E-state index contributed by atoms with van der Waals surface area (Å²) < 4.78 is 43.9. The quantitative estimate of drug-likeness (QED) is 0.703. The van der Waals surface area contributed by atoms with Crippen LogP contribution in [0.15, 0.2) is 47.4 Å². The Balaban J connectivity index is 2.33. The normalized spacial score (nSPS) is 12.7. The van der Waals surface area contributed by atoms with Crippen LogP contribution in [0.2, 0.25) is 0 Å². The van der Waals surface area contributed by atoms with Crippen LogP contribution in [0.3, 0.4) is 0 Å². The van der Waals surface area contributed by atoms with Gasteiger partial charge in [-0.1, -0.05) is 18.2 Å². The van der Waals surface area contributed by atoms with Crippen LogP contribution in [0, 0.1) is 0 Å². The molecule has 0 aliphatic heterocycles. The summed E-state index contributed by atoms with van der Waals surface area (Å²) in [5.41, 5.74) is 0.838. The zero-order valence-corrected chi connectivity index (χ0v) is 17.0. The minimum atomic E-state index is -3.60. The van der Waals surface area contributed by atoms with Gasteiger partial charge < -0.3 is 19.1 Å². The zero-order valence-electron chi connectivity index (χ0n) is 16.2. The lowest BCUT2D eigenvalue weighted by molar-refractivity contribution is 0.292. The van der Waals surface area contributed by atoms with E-state index in [1.165, 1.54) is 7.11 Å². The number of likely N-dealkylation sites (N-methyl/N-ethyl adjacent to an activating group) is 1. The van der Waals surface area contributed by atoms with Crippen LogP contribution in [0.1, 0.15) is 11.6 Å². The molecule has 0 aromatic heterocycles. The topological polar surface area (TPSA) is 77.1 Å². The molecule has 1 N–H and O–H groups in total. The molecule has 27 heavy (non-hydrogen) atoms. The van der Waals surface area contributed by atoms with E-state index in [9.17, 15) is 8.42 Å². The smallest absolute Gasteiger partial charge is 0.240 e. The molecule has 2 aromatic rings. The molecule has 0 spiro atoms. The first-order valence-corrected chi connectivity index (χ1v) is 9.83. The highest BCUT2D eigenvalue weighted by atomic mass is 32.2. The summed E-state index contributed by atoms with van der Waals surface area (Å²) in [5.74, 6) is 1.53. The van der Waals surface area contributed by atoms with Gasteiger partial charge in [0, 0.05) is 12.6 Å². The van der Waals surface area contributed by atoms with E-state index in [0.29, 0.717) is 17.2 Å². The van der Waals surface area contributed by atoms with E-state index >= 15 is 0 Å². The average Bonchev–Trinajstić information content (AvgIpc) is 2.67. The third kappa shape index (κ3) is 4.91. The largest absolute Gasteiger partial charge is 0.493 e. The highest BCUT2D eigenvalue weighted by Crippen LogP contribution is 2.40. The van der Waals surface area contributed by atoms with E-state index in [4.69, 9.17) is 14.2 Å². The summed E-state index contributed by atoms with van der Waals surface area (Å²) >= 11 is 0. The van der Waals surface area contributed by atoms with Crippen molar-refractivity contribution < 1.29 is 22.6 Å². The summed E-state index contributed by atoms with van der Waals surface area (Å²) in [6.07, 6.45) is 0. The number of hydrogen-bond donors (Lipinski definition) is 1. The maximum atomic E-state index is 12.5. The van der Waals surface area contributed by atoms with Crippen LogP contribution in [0.25, 0.3) is 0 Å². The predicted molar refractivity (Wildman–Crippen MR) is 104 cm³/mol. The number of methoxy groups -OCH3 is 3. The van der Waals surface area contributed by atoms with Gasteiger partial charge in [-0.25, -0.2) is 13.1 Å². The molecule has 0 radical (unpaired) electrons. The lowest BCUT2D eigenvalue weighted by Gasteiger charge is -2.26. The van der Waals surface area contributed by atoms with Crippen LogP contribution in [0.4, 0.5) is 0 Å². The van der Waals surface area contributed by atoms with E-state index in [1.54, 1.807) is 44.6 Å². The fourth-order valence-corrected chi connectivity index (χ4v) is 3.82. The minimum Gasteiger partial charge on any atom is -0.493 e. The highest BCUT2D eigenvalue weighted by Gasteiger charge is 2.23. The van der Waals surface area contributed by atoms with Gasteiger partial charge in [0.05, 0.1) is 26.2 Å². The van der Waals surface area contributed by atoms with Gasteiger partial charge in [-0.2, -0.15) is 0 Å². The molecule has 0 aliphatic carbocycles. The highest BCUT2D eigenvalue weighted by molar-refractivity contribution is 7.89. The Kier molecular flexibility index (Phi) is 7.06. The van der Waals surface area contributed by atoms with Crippen LogP contribution < -0.4 is 18.9 Å². The molecular weight excluding hydrogens is 368 g/mol. The van der Waals surface area contributed by atoms with E-state index in [0.717, 1.165) is 5.56 Å². The van der Waals surface area contributed by atoms with Crippen molar-refractivity contribution in [2.45, 2.75) is 10.9 Å². The number of ether oxygens (including phenoxy) is 3. The molecule has 1 atom stereocenters. The molecule has 0 saturated heterocycles. The summed E-state index contributed by atoms with van der Waals surface area (Å²) in [6.45, 7) is 0.183. The Morgan fingerprint density at radius 3 is 1.96 bits per heavy atom. The van der Waals surface area contributed by atoms with E-state index < -0.39 is 10.0 Å². The molecule has 0 fully saturated rings. The molecular formula is C19H26N2O5S. The molecule has 0 amide bonds. The summed E-state index contributed by atoms with van der Waals surface area (Å²) in [5, 5.41) is 0. The first-order chi connectivity index (χ1) is 12.8. The van der Waals surface area contributed by atoms with Gasteiger partial charge in [0.25, 0.3) is 0 Å². The number of hydrogen-bond acceptors (Lipinski definition) is 6. The molecule has 0 aliphatic rings. The third-order valence-corrected chi connectivity index (χ3v) is 5.65. The first kappa shape index (κ1) is 21.0. The maximum absolute atomic E-state index is 12.5. The molecule has 7 nitrogen and oxygen atoms in total. The van der Waals surface area contributed by atoms with Crippen molar-refractivity contribution >= 4 is 10.0 Å². The average molecular weight is 394 g/mol. The number of nitrogens with one attached hydrogen (secondary N) is 1. The van der Waals surface area contributed by atoms with Crippen LogP contribution in [-0.2, 0) is 10.0 Å². The Labute approximate surface area is 160 Å². The fraction of sp³-hybridized carbons (Fsp3) is 0.368. The lowest BCUT2D eigenvalue weighted by Crippen LogP contribution is -2.34. The zero-order chi connectivity index (χ0) is 20.0. The lowest BCUT2D eigenvalue weighted by atomic mass is 10.0. The standard InChI is InChI=1S/C19H26N2O5S/c1-21(2)16(13-20-27(22,23)15-9-7-6-8-10-15)14-11-17(24-3)19(26-5)18(12-14)25-4/h6-12,16,20H,13H2,1-5H3. The Bertz CT molecular complexity index is 829. The van der Waals surface area contributed by atoms with Gasteiger partial charge in [0.15, 0.2) is 11.5 Å². The molecule has 8 heteroatoms. The van der Waals surface area contributed by atoms with Crippen molar-refractivity contribution in [3.63, 3.8) is 0 Å². The molecule has 0 bridgehead atoms. The molecule has 1 unspecified atom stereocenters. The Morgan fingerprint density at radius 1 is 0.963 bits per heavy atom. The fourth-order valence-electron chi connectivity index (χ4n) is 2.76. The number of sulfonamides is 1. The van der Waals surface area contributed by atoms with Crippen molar-refractivity contribution in [3.05, 3.63) is 48.0 Å². The number of nitrogens with zero attached hydrogens (tertiary/aromatic N) is 1. The molecule has 148 valence electrons. The van der Waals surface area contributed by atoms with E-state index in [2.05, 4.69) is 4.72 Å². The maximum Gasteiger partial charge on any atom is 0.240 e. The Morgan fingerprint density at radius 2 is 1.52 bits per heavy atom. The van der Waals surface area contributed by atoms with E-state index in [1.807, 2.05) is 31.1 Å². The van der Waals surface area contributed by atoms with Crippen molar-refractivity contribution in [2.75, 3.05) is 42.0 Å². The van der Waals surface area contributed by atoms with Crippen molar-refractivity contribution in [2.24, 2.45) is 0 Å². The third-order valence-electron chi connectivity index (χ3n) is 4.22. The van der Waals surface area contributed by atoms with Crippen LogP contribution in [0.5, 0.6) is 17.2 Å². The van der Waals surface area contributed by atoms with Gasteiger partial charge in [0.1, 0.15) is 0 Å². The summed E-state index contributed by atoms with van der Waals surface area (Å²) in [6, 6.07) is 11.7. The van der Waals surface area contributed by atoms with Crippen molar-refractivity contribution in [1.82, 2.24) is 9.62 Å². The molecule has 0 saturated carbocycles. The van der Waals surface area contributed by atoms with Gasteiger partial charge in [-0.3, -0.25) is 0 Å². The van der Waals surface area contributed by atoms with Gasteiger partial charge in [0.2, 0.25) is 15.8 Å². The Hall–Kier alpha value is -2.29. The first-order valence-electron chi connectivity index (χ1n) is 8.35. The number of rotatable bonds is 9. The molecule has 2 aromatic carbocycles. The SMILES string of the molecule is COc1cc(C(CNS(=O)(=O)c2ccccc2)N(C)C)cc(OC)c1OC. The van der Waals surface area contributed by atoms with Crippen molar-refractivity contribution in [3.8, 4) is 17.2 Å². The van der Waals surface area contributed by atoms with E-state index in [-0.39, 0.29) is 17.5 Å². The van der Waals surface area contributed by atoms with Crippen molar-refractivity contribution in [1.29, 1.82) is 0 Å². The monoisotopic (exact) mass is 394 g/mol. The van der Waals surface area contributed by atoms with Gasteiger partial charge in [-0.05, 0) is 43.9 Å². The second-order valence-corrected chi connectivity index (χ2v) is 7.87. The summed E-state index contributed by atoms with van der Waals surface area (Å²) in [4.78, 5) is 2.15. The van der Waals surface area contributed by atoms with Crippen LogP contribution >= 0.6 is 0 Å². The molecule has 2 rings (SSSR count). The van der Waals surface area contributed by atoms with Crippen LogP contribution in [-0.4, -0.2) is 55.3 Å². The second-order valence-electron chi connectivity index (χ2n) is 6.10. The predicted octanol–water partition coefficient (Wildman–Crippen LogP) is 2.29. The van der Waals surface area contributed by atoms with Gasteiger partial charge in [-0.15, -0.1) is 0 Å². The number of benzene rings is 2. The summed E-state index contributed by atoms with van der Waals surface area (Å²) in [7, 11) is 4.78. The minimum absolute atomic E-state index is 0.183. The van der Waals surface area contributed by atoms with Gasteiger partial charge >= 0.3 is 0 Å². The molecule has 0 heterocycles. The second kappa shape index (κ2) is 9.07.